The molecule has 0 aliphatic carbocycles. The molecular weight excluding hydrogens is 1290 g/mol. The van der Waals surface area contributed by atoms with Crippen LogP contribution < -0.4 is 22.1 Å². The van der Waals surface area contributed by atoms with Crippen LogP contribution in [0, 0.1) is 5.92 Å². The summed E-state index contributed by atoms with van der Waals surface area (Å²) in [5.41, 5.74) is 31.4. The van der Waals surface area contributed by atoms with E-state index in [1.165, 1.54) is 0 Å². The number of rotatable bonds is 17. The highest BCUT2D eigenvalue weighted by Gasteiger charge is 2.36. The number of primary amides is 1. The number of carbonyl (C=O) groups excluding carboxylic acids is 3. The van der Waals surface area contributed by atoms with Gasteiger partial charge in [0.25, 0.3) is 0 Å². The molecular formula is C89H79F3N4O7. The Balaban J connectivity index is 0.000000138. The molecule has 0 saturated carbocycles. The van der Waals surface area contributed by atoms with E-state index in [4.69, 9.17) is 11.5 Å². The van der Waals surface area contributed by atoms with E-state index in [1.54, 1.807) is 54.6 Å². The normalized spacial score (nSPS) is 13.8. The van der Waals surface area contributed by atoms with Crippen LogP contribution >= 0.6 is 0 Å². The first-order valence-electron chi connectivity index (χ1n) is 34.2. The van der Waals surface area contributed by atoms with Crippen LogP contribution in [0.5, 0.6) is 23.0 Å². The van der Waals surface area contributed by atoms with E-state index in [0.29, 0.717) is 25.8 Å². The summed E-state index contributed by atoms with van der Waals surface area (Å²) in [5.74, 6) is 0.636. The monoisotopic (exact) mass is 1370 g/mol. The van der Waals surface area contributed by atoms with E-state index in [0.717, 1.165) is 136 Å². The van der Waals surface area contributed by atoms with Gasteiger partial charge in [0.15, 0.2) is 0 Å². The van der Waals surface area contributed by atoms with Gasteiger partial charge in [0.05, 0.1) is 0 Å². The summed E-state index contributed by atoms with van der Waals surface area (Å²) in [6.45, 7) is 1.44. The SMILES string of the molecule is NC(=O)CCc1cc(-c2ccccc2)ccc1-c1cccc(O)c1.NC(CCc1cc(-c2ccccc2)ccc1-c1cccc(O)c1)C(F)(F)F.O=C1NCC/C1=C\c1cc(-c2ccccc2)ccc1-c1cccc(O)c1.O=C1NCCC1Cc1cc(-c2ccccc2)ccc1-c1cccc(O)c1. The van der Waals surface area contributed by atoms with Gasteiger partial charge in [0.1, 0.15) is 29.0 Å². The largest absolute Gasteiger partial charge is 0.508 e. The molecule has 14 heteroatoms. The summed E-state index contributed by atoms with van der Waals surface area (Å²) in [4.78, 5) is 35.3. The Morgan fingerprint density at radius 1 is 0.427 bits per heavy atom. The minimum absolute atomic E-state index is 0.00280. The molecule has 14 rings (SSSR count). The van der Waals surface area contributed by atoms with E-state index in [-0.39, 0.29) is 59.5 Å². The van der Waals surface area contributed by atoms with Gasteiger partial charge in [0.2, 0.25) is 17.7 Å². The number of carbonyl (C=O) groups is 3. The topological polar surface area (TPSA) is 208 Å². The van der Waals surface area contributed by atoms with Crippen molar-refractivity contribution in [3.05, 3.63) is 319 Å². The zero-order valence-corrected chi connectivity index (χ0v) is 56.6. The standard InChI is InChI=1S/C23H21NO2.C23H19NO2.C22H20F3NO.C21H19NO2/c2*25-21-8-4-7-18(15-21)22-10-9-17(16-5-2-1-3-6-16)13-20(22)14-19-11-12-24-23(19)26;23-22(24,25)21(26)12-10-18-13-16(15-5-2-1-3-6-15)9-11-20(18)17-7-4-8-19(27)14-17;22-21(24)12-10-18-13-16(15-5-2-1-3-6-15)9-11-20(18)17-7-4-8-19(23)14-17/h1-10,13,15,19,25H,11-12,14H2,(H,24,26);1-10,13-15,25H,11-12H2,(H,24,26);1-9,11,13-14,21,27H,10,12,26H2;1-9,11,13-14,23H,10,12H2,(H2,22,24)/b;19-14+;;. The highest BCUT2D eigenvalue weighted by Crippen LogP contribution is 2.38. The quantitative estimate of drug-likeness (QED) is 0.0411. The summed E-state index contributed by atoms with van der Waals surface area (Å²) in [5, 5.41) is 45.0. The van der Waals surface area contributed by atoms with Crippen LogP contribution in [0.4, 0.5) is 13.2 Å². The van der Waals surface area contributed by atoms with Crippen molar-refractivity contribution < 1.29 is 48.0 Å². The third kappa shape index (κ3) is 19.6. The number of nitrogens with two attached hydrogens (primary N) is 2. The zero-order valence-electron chi connectivity index (χ0n) is 56.6. The lowest BCUT2D eigenvalue weighted by molar-refractivity contribution is -0.148. The van der Waals surface area contributed by atoms with Crippen molar-refractivity contribution in [3.63, 3.8) is 0 Å². The highest BCUT2D eigenvalue weighted by atomic mass is 19.4. The summed E-state index contributed by atoms with van der Waals surface area (Å²) in [7, 11) is 0. The minimum atomic E-state index is -4.41. The number of benzene rings is 12. The molecule has 11 nitrogen and oxygen atoms in total. The molecule has 2 unspecified atom stereocenters. The predicted octanol–water partition coefficient (Wildman–Crippen LogP) is 18.7. The molecule has 0 radical (unpaired) electrons. The number of hydrogen-bond acceptors (Lipinski definition) is 8. The average molecular weight is 1370 g/mol. The molecule has 12 aromatic rings. The molecule has 0 aromatic heterocycles. The number of aryl methyl sites for hydroxylation is 2. The first kappa shape index (κ1) is 72.0. The second-order valence-electron chi connectivity index (χ2n) is 25.4. The Kier molecular flexibility index (Phi) is 23.9. The van der Waals surface area contributed by atoms with Crippen LogP contribution in [0.1, 0.15) is 47.9 Å². The maximum atomic E-state index is 12.8. The fraction of sp³-hybridized carbons (Fsp3) is 0.135. The first-order chi connectivity index (χ1) is 49.9. The van der Waals surface area contributed by atoms with Crippen molar-refractivity contribution in [2.75, 3.05) is 13.1 Å². The molecule has 0 spiro atoms. The smallest absolute Gasteiger partial charge is 0.403 e. The lowest BCUT2D eigenvalue weighted by Crippen LogP contribution is -2.37. The van der Waals surface area contributed by atoms with E-state index in [2.05, 4.69) is 95.6 Å². The number of halogens is 3. The summed E-state index contributed by atoms with van der Waals surface area (Å²) in [6.07, 6.45) is 0.709. The highest BCUT2D eigenvalue weighted by molar-refractivity contribution is 6.01. The van der Waals surface area contributed by atoms with Gasteiger partial charge in [-0.15, -0.1) is 0 Å². The molecule has 2 aliphatic heterocycles. The molecule has 10 N–H and O–H groups in total. The lowest BCUT2D eigenvalue weighted by atomic mass is 9.89. The molecule has 12 aromatic carbocycles. The van der Waals surface area contributed by atoms with Crippen molar-refractivity contribution in [1.82, 2.24) is 10.6 Å². The Morgan fingerprint density at radius 3 is 1.17 bits per heavy atom. The molecule has 2 saturated heterocycles. The second kappa shape index (κ2) is 34.2. The molecule has 2 aliphatic rings. The molecule has 2 heterocycles. The number of hydrogen-bond donors (Lipinski definition) is 8. The van der Waals surface area contributed by atoms with E-state index < -0.39 is 12.2 Å². The Labute approximate surface area is 598 Å². The van der Waals surface area contributed by atoms with E-state index in [9.17, 15) is 48.0 Å². The minimum Gasteiger partial charge on any atom is -0.508 e. The predicted molar refractivity (Wildman–Crippen MR) is 406 cm³/mol. The lowest BCUT2D eigenvalue weighted by Gasteiger charge is -2.17. The number of phenols is 4. The number of amides is 3. The van der Waals surface area contributed by atoms with Crippen molar-refractivity contribution in [3.8, 4) is 112 Å². The summed E-state index contributed by atoms with van der Waals surface area (Å²) in [6, 6.07) is 91.1. The number of alkyl halides is 3. The van der Waals surface area contributed by atoms with Gasteiger partial charge < -0.3 is 42.5 Å². The summed E-state index contributed by atoms with van der Waals surface area (Å²) < 4.78 is 38.4. The molecule has 2 fully saturated rings. The third-order valence-corrected chi connectivity index (χ3v) is 18.1. The van der Waals surface area contributed by atoms with Gasteiger partial charge in [0, 0.05) is 31.0 Å². The first-order valence-corrected chi connectivity index (χ1v) is 34.2. The van der Waals surface area contributed by atoms with Crippen LogP contribution in [0.2, 0.25) is 0 Å². The Morgan fingerprint density at radius 2 is 0.796 bits per heavy atom. The van der Waals surface area contributed by atoms with Crippen LogP contribution in [0.3, 0.4) is 0 Å². The van der Waals surface area contributed by atoms with Crippen molar-refractivity contribution in [1.29, 1.82) is 0 Å². The fourth-order valence-electron chi connectivity index (χ4n) is 12.8. The number of phenolic OH excluding ortho intramolecular Hbond substituents is 4. The summed E-state index contributed by atoms with van der Waals surface area (Å²) >= 11 is 0. The van der Waals surface area contributed by atoms with Crippen molar-refractivity contribution in [2.24, 2.45) is 17.4 Å². The maximum Gasteiger partial charge on any atom is 0.403 e. The number of nitrogens with one attached hydrogen (secondary N) is 2. The van der Waals surface area contributed by atoms with Gasteiger partial charge in [-0.25, -0.2) is 0 Å². The second-order valence-corrected chi connectivity index (χ2v) is 25.4. The van der Waals surface area contributed by atoms with Crippen LogP contribution in [-0.4, -0.2) is 63.5 Å². The van der Waals surface area contributed by atoms with E-state index >= 15 is 0 Å². The van der Waals surface area contributed by atoms with Gasteiger partial charge in [-0.1, -0.05) is 237 Å². The zero-order chi connectivity index (χ0) is 72.2. The average Bonchev–Trinajstić information content (AvgIpc) is 1.45. The number of aromatic hydroxyl groups is 4. The van der Waals surface area contributed by atoms with Crippen molar-refractivity contribution >= 4 is 23.8 Å². The van der Waals surface area contributed by atoms with Crippen LogP contribution in [0.25, 0.3) is 95.1 Å². The molecule has 103 heavy (non-hydrogen) atoms. The molecule has 3 amide bonds. The van der Waals surface area contributed by atoms with Crippen LogP contribution in [-0.2, 0) is 33.6 Å². The van der Waals surface area contributed by atoms with Crippen LogP contribution in [0.15, 0.2) is 297 Å². The van der Waals surface area contributed by atoms with Gasteiger partial charge in [-0.3, -0.25) is 14.4 Å². The maximum absolute atomic E-state index is 12.8. The third-order valence-electron chi connectivity index (χ3n) is 18.1. The molecule has 2 atom stereocenters. The van der Waals surface area contributed by atoms with E-state index in [1.807, 2.05) is 158 Å². The Bertz CT molecular complexity index is 4930. The molecule has 518 valence electrons. The van der Waals surface area contributed by atoms with Gasteiger partial charge >= 0.3 is 6.18 Å². The van der Waals surface area contributed by atoms with Gasteiger partial charge in [-0.05, 0) is 210 Å². The molecule has 0 bridgehead atoms. The fourth-order valence-corrected chi connectivity index (χ4v) is 12.8. The van der Waals surface area contributed by atoms with Gasteiger partial charge in [-0.2, -0.15) is 13.2 Å². The van der Waals surface area contributed by atoms with Crippen molar-refractivity contribution in [2.45, 2.75) is 57.2 Å². The Hall–Kier alpha value is -12.3.